The van der Waals surface area contributed by atoms with Crippen LogP contribution in [-0.4, -0.2) is 27.7 Å². The standard InChI is InChI=1S/C11H18O.C5H12O2.C2H6/c1-4-7-10(3)11(5-2)8-6-9-12;1-3-5(6,7)4-2;1-2/h4-5,7,12H,2,6,8-9H2,1,3H3;6-7H,3-4H2,1-2H3;1-2H3/b7-4-,11-10+;;. The summed E-state index contributed by atoms with van der Waals surface area (Å²) in [5, 5.41) is 26.0. The van der Waals surface area contributed by atoms with Crippen LogP contribution in [0, 0.1) is 0 Å². The fourth-order valence-corrected chi connectivity index (χ4v) is 1.34. The first-order valence-electron chi connectivity index (χ1n) is 7.88. The van der Waals surface area contributed by atoms with E-state index in [1.54, 1.807) is 13.8 Å². The minimum Gasteiger partial charge on any atom is -0.396 e. The third-order valence-electron chi connectivity index (χ3n) is 2.91. The zero-order valence-electron chi connectivity index (χ0n) is 14.8. The Morgan fingerprint density at radius 1 is 1.14 bits per heavy atom. The number of hydrogen-bond donors (Lipinski definition) is 3. The molecule has 0 radical (unpaired) electrons. The van der Waals surface area contributed by atoms with E-state index in [1.807, 2.05) is 32.9 Å². The van der Waals surface area contributed by atoms with E-state index in [4.69, 9.17) is 15.3 Å². The van der Waals surface area contributed by atoms with E-state index >= 15 is 0 Å². The van der Waals surface area contributed by atoms with Crippen molar-refractivity contribution < 1.29 is 15.3 Å². The van der Waals surface area contributed by atoms with Gasteiger partial charge in [-0.05, 0) is 50.7 Å². The summed E-state index contributed by atoms with van der Waals surface area (Å²) >= 11 is 0. The van der Waals surface area contributed by atoms with Gasteiger partial charge in [0.1, 0.15) is 0 Å². The van der Waals surface area contributed by atoms with Crippen LogP contribution >= 0.6 is 0 Å². The molecule has 3 nitrogen and oxygen atoms in total. The number of aliphatic hydroxyl groups excluding tert-OH is 1. The number of allylic oxidation sites excluding steroid dienone is 5. The Kier molecular flexibility index (Phi) is 20.5. The molecule has 0 aliphatic rings. The molecule has 126 valence electrons. The Morgan fingerprint density at radius 2 is 1.62 bits per heavy atom. The molecule has 0 spiro atoms. The molecule has 0 fully saturated rings. The van der Waals surface area contributed by atoms with Crippen molar-refractivity contribution in [3.8, 4) is 0 Å². The van der Waals surface area contributed by atoms with Crippen LogP contribution in [0.15, 0.2) is 36.0 Å². The fourth-order valence-electron chi connectivity index (χ4n) is 1.34. The Hall–Kier alpha value is -0.900. The molecule has 0 aromatic carbocycles. The molecule has 0 aromatic heterocycles. The lowest BCUT2D eigenvalue weighted by atomic mass is 10.0. The van der Waals surface area contributed by atoms with Crippen LogP contribution in [0.1, 0.15) is 67.2 Å². The van der Waals surface area contributed by atoms with Crippen LogP contribution in [0.3, 0.4) is 0 Å². The molecule has 3 heteroatoms. The monoisotopic (exact) mass is 300 g/mol. The van der Waals surface area contributed by atoms with Crippen molar-refractivity contribution in [3.63, 3.8) is 0 Å². The first-order chi connectivity index (χ1) is 9.88. The average Bonchev–Trinajstić information content (AvgIpc) is 2.51. The molecule has 0 rings (SSSR count). The predicted octanol–water partition coefficient (Wildman–Crippen LogP) is 4.35. The summed E-state index contributed by atoms with van der Waals surface area (Å²) in [7, 11) is 0. The third kappa shape index (κ3) is 17.0. The van der Waals surface area contributed by atoms with Crippen molar-refractivity contribution in [1.29, 1.82) is 0 Å². The highest BCUT2D eigenvalue weighted by Gasteiger charge is 2.15. The van der Waals surface area contributed by atoms with Gasteiger partial charge in [0.15, 0.2) is 5.79 Å². The Balaban J connectivity index is -0.000000307. The first-order valence-corrected chi connectivity index (χ1v) is 7.88. The van der Waals surface area contributed by atoms with E-state index in [0.29, 0.717) is 12.8 Å². The minimum absolute atomic E-state index is 0.250. The van der Waals surface area contributed by atoms with Crippen LogP contribution in [0.2, 0.25) is 0 Å². The third-order valence-corrected chi connectivity index (χ3v) is 2.91. The molecule has 0 aliphatic carbocycles. The van der Waals surface area contributed by atoms with E-state index in [1.165, 1.54) is 11.1 Å². The molecule has 3 N–H and O–H groups in total. The van der Waals surface area contributed by atoms with Gasteiger partial charge in [-0.25, -0.2) is 0 Å². The Labute approximate surface area is 131 Å². The number of aliphatic hydroxyl groups is 3. The first kappa shape index (κ1) is 25.1. The fraction of sp³-hybridized carbons (Fsp3) is 0.667. The van der Waals surface area contributed by atoms with Crippen LogP contribution in [0.5, 0.6) is 0 Å². The molecule has 21 heavy (non-hydrogen) atoms. The van der Waals surface area contributed by atoms with Crippen LogP contribution in [-0.2, 0) is 0 Å². The predicted molar refractivity (Wildman–Crippen MR) is 93.1 cm³/mol. The quantitative estimate of drug-likeness (QED) is 0.484. The van der Waals surface area contributed by atoms with E-state index in [9.17, 15) is 0 Å². The number of hydrogen-bond acceptors (Lipinski definition) is 3. The number of rotatable bonds is 7. The maximum absolute atomic E-state index is 8.69. The molecule has 0 saturated carbocycles. The topological polar surface area (TPSA) is 60.7 Å². The van der Waals surface area contributed by atoms with Gasteiger partial charge in [0.25, 0.3) is 0 Å². The highest BCUT2D eigenvalue weighted by Crippen LogP contribution is 2.12. The van der Waals surface area contributed by atoms with Crippen molar-refractivity contribution in [2.75, 3.05) is 6.61 Å². The van der Waals surface area contributed by atoms with Crippen LogP contribution < -0.4 is 0 Å². The summed E-state index contributed by atoms with van der Waals surface area (Å²) in [5.41, 5.74) is 2.46. The highest BCUT2D eigenvalue weighted by atomic mass is 16.5. The minimum atomic E-state index is -1.42. The van der Waals surface area contributed by atoms with E-state index < -0.39 is 5.79 Å². The van der Waals surface area contributed by atoms with E-state index in [-0.39, 0.29) is 6.61 Å². The summed E-state index contributed by atoms with van der Waals surface area (Å²) < 4.78 is 0. The summed E-state index contributed by atoms with van der Waals surface area (Å²) in [6, 6.07) is 0. The van der Waals surface area contributed by atoms with Gasteiger partial charge in [-0.1, -0.05) is 52.5 Å². The van der Waals surface area contributed by atoms with Gasteiger partial charge in [-0.15, -0.1) is 0 Å². The zero-order chi connectivity index (χ0) is 17.3. The molecule has 0 aliphatic heterocycles. The van der Waals surface area contributed by atoms with Gasteiger partial charge in [-0.3, -0.25) is 0 Å². The second kappa shape index (κ2) is 17.2. The van der Waals surface area contributed by atoms with Gasteiger partial charge < -0.3 is 15.3 Å². The Morgan fingerprint density at radius 3 is 1.86 bits per heavy atom. The van der Waals surface area contributed by atoms with Gasteiger partial charge in [0.2, 0.25) is 0 Å². The lowest BCUT2D eigenvalue weighted by Gasteiger charge is -2.15. The highest BCUT2D eigenvalue weighted by molar-refractivity contribution is 5.30. The zero-order valence-corrected chi connectivity index (χ0v) is 14.8. The summed E-state index contributed by atoms with van der Waals surface area (Å²) in [6.45, 7) is 15.5. The maximum atomic E-state index is 8.69. The molecule has 0 heterocycles. The van der Waals surface area contributed by atoms with Crippen molar-refractivity contribution in [2.45, 2.75) is 73.0 Å². The Bertz CT molecular complexity index is 283. The smallest absolute Gasteiger partial charge is 0.161 e. The lowest BCUT2D eigenvalue weighted by molar-refractivity contribution is -0.163. The van der Waals surface area contributed by atoms with Crippen LogP contribution in [0.25, 0.3) is 0 Å². The lowest BCUT2D eigenvalue weighted by Crippen LogP contribution is -2.24. The maximum Gasteiger partial charge on any atom is 0.161 e. The van der Waals surface area contributed by atoms with Crippen molar-refractivity contribution in [3.05, 3.63) is 36.0 Å². The normalized spacial score (nSPS) is 11.9. The average molecular weight is 300 g/mol. The molecule has 0 aromatic rings. The van der Waals surface area contributed by atoms with Gasteiger partial charge in [-0.2, -0.15) is 0 Å². The van der Waals surface area contributed by atoms with Gasteiger partial charge in [0.05, 0.1) is 0 Å². The molecule has 0 unspecified atom stereocenters. The largest absolute Gasteiger partial charge is 0.396 e. The van der Waals surface area contributed by atoms with Gasteiger partial charge >= 0.3 is 0 Å². The molecular weight excluding hydrogens is 264 g/mol. The van der Waals surface area contributed by atoms with Crippen molar-refractivity contribution in [1.82, 2.24) is 0 Å². The molecule has 0 bridgehead atoms. The summed E-state index contributed by atoms with van der Waals surface area (Å²) in [5.74, 6) is -1.42. The molecule has 0 amide bonds. The van der Waals surface area contributed by atoms with Crippen molar-refractivity contribution in [2.24, 2.45) is 0 Å². The second-order valence-corrected chi connectivity index (χ2v) is 4.43. The summed E-state index contributed by atoms with van der Waals surface area (Å²) in [6.07, 6.45) is 8.48. The molecular formula is C18H36O3. The second-order valence-electron chi connectivity index (χ2n) is 4.43. The van der Waals surface area contributed by atoms with Crippen molar-refractivity contribution >= 4 is 0 Å². The molecule has 0 atom stereocenters. The van der Waals surface area contributed by atoms with Gasteiger partial charge in [0, 0.05) is 6.61 Å². The SMILES string of the molecule is C=C/C(CCCO)=C(C)\C=C/C.CC.CCC(O)(O)CC. The van der Waals surface area contributed by atoms with Crippen LogP contribution in [0.4, 0.5) is 0 Å². The molecule has 0 saturated heterocycles. The summed E-state index contributed by atoms with van der Waals surface area (Å²) in [4.78, 5) is 0. The van der Waals surface area contributed by atoms with E-state index in [2.05, 4.69) is 19.6 Å². The van der Waals surface area contributed by atoms with E-state index in [0.717, 1.165) is 12.8 Å².